The van der Waals surface area contributed by atoms with E-state index in [2.05, 4.69) is 24.0 Å². The fourth-order valence-electron chi connectivity index (χ4n) is 3.07. The highest BCUT2D eigenvalue weighted by Gasteiger charge is 2.33. The monoisotopic (exact) mass is 275 g/mol. The number of hydrogen-bond acceptors (Lipinski definition) is 2. The minimum absolute atomic E-state index is 0.101. The van der Waals surface area contributed by atoms with Gasteiger partial charge in [0.05, 0.1) is 6.04 Å². The molecule has 1 aliphatic carbocycles. The lowest BCUT2D eigenvalue weighted by atomic mass is 10.0. The molecule has 0 heterocycles. The molecule has 1 saturated carbocycles. The van der Waals surface area contributed by atoms with Crippen LogP contribution in [-0.4, -0.2) is 30.1 Å². The molecule has 0 aromatic heterocycles. The fraction of sp³-hybridized carbons (Fsp3) is 0.588. The van der Waals surface area contributed by atoms with E-state index in [4.69, 9.17) is 4.74 Å². The molecular weight excluding hydrogens is 250 g/mol. The van der Waals surface area contributed by atoms with Crippen molar-refractivity contribution in [2.45, 2.75) is 57.7 Å². The van der Waals surface area contributed by atoms with Crippen molar-refractivity contribution in [3.05, 3.63) is 35.9 Å². The van der Waals surface area contributed by atoms with E-state index in [1.807, 2.05) is 25.1 Å². The Labute approximate surface area is 121 Å². The molecule has 1 aliphatic rings. The Bertz CT molecular complexity index is 426. The summed E-state index contributed by atoms with van der Waals surface area (Å²) >= 11 is 0. The average molecular weight is 275 g/mol. The molecule has 0 N–H and O–H groups in total. The quantitative estimate of drug-likeness (QED) is 0.822. The van der Waals surface area contributed by atoms with Crippen LogP contribution in [-0.2, 0) is 9.53 Å². The first-order valence-corrected chi connectivity index (χ1v) is 7.55. The molecule has 3 heteroatoms. The van der Waals surface area contributed by atoms with E-state index in [0.29, 0.717) is 6.04 Å². The Morgan fingerprint density at radius 2 is 1.80 bits per heavy atom. The number of nitrogens with zero attached hydrogens (tertiary/aromatic N) is 1. The Hall–Kier alpha value is -1.35. The van der Waals surface area contributed by atoms with Crippen molar-refractivity contribution in [2.24, 2.45) is 0 Å². The Morgan fingerprint density at radius 3 is 2.35 bits per heavy atom. The summed E-state index contributed by atoms with van der Waals surface area (Å²) in [7, 11) is 1.60. The van der Waals surface area contributed by atoms with Gasteiger partial charge >= 0.3 is 0 Å². The smallest absolute Gasteiger partial charge is 0.252 e. The van der Waals surface area contributed by atoms with Gasteiger partial charge < -0.3 is 9.64 Å². The summed E-state index contributed by atoms with van der Waals surface area (Å²) in [6.07, 6.45) is 4.29. The molecule has 2 atom stereocenters. The van der Waals surface area contributed by atoms with Gasteiger partial charge in [0, 0.05) is 13.2 Å². The molecule has 1 aromatic carbocycles. The zero-order valence-corrected chi connectivity index (χ0v) is 12.7. The zero-order chi connectivity index (χ0) is 14.5. The molecule has 1 fully saturated rings. The van der Waals surface area contributed by atoms with Gasteiger partial charge in [0.1, 0.15) is 6.10 Å². The topological polar surface area (TPSA) is 29.5 Å². The molecular formula is C17H25NO2. The van der Waals surface area contributed by atoms with Gasteiger partial charge in [-0.1, -0.05) is 43.2 Å². The van der Waals surface area contributed by atoms with Crippen LogP contribution in [0.15, 0.2) is 30.3 Å². The highest BCUT2D eigenvalue weighted by Crippen LogP contribution is 2.31. The van der Waals surface area contributed by atoms with Gasteiger partial charge in [-0.25, -0.2) is 0 Å². The Kier molecular flexibility index (Phi) is 5.18. The van der Waals surface area contributed by atoms with Crippen LogP contribution < -0.4 is 0 Å². The van der Waals surface area contributed by atoms with Crippen LogP contribution in [0.5, 0.6) is 0 Å². The molecule has 0 saturated heterocycles. The summed E-state index contributed by atoms with van der Waals surface area (Å²) in [5.41, 5.74) is 1.19. The molecule has 0 bridgehead atoms. The van der Waals surface area contributed by atoms with E-state index in [0.717, 1.165) is 12.8 Å². The standard InChI is InChI=1S/C17H25NO2/c1-13(15-9-5-4-6-10-15)18(16-11-7-8-12-16)17(19)14(2)20-3/h4-6,9-10,13-14,16H,7-8,11-12H2,1-3H3. The third kappa shape index (κ3) is 3.21. The number of amides is 1. The molecule has 1 aromatic rings. The SMILES string of the molecule is COC(C)C(=O)N(C1CCCC1)C(C)c1ccccc1. The minimum Gasteiger partial charge on any atom is -0.372 e. The molecule has 2 rings (SSSR count). The van der Waals surface area contributed by atoms with Crippen molar-refractivity contribution in [1.82, 2.24) is 4.90 Å². The van der Waals surface area contributed by atoms with Gasteiger partial charge in [-0.05, 0) is 32.3 Å². The van der Waals surface area contributed by atoms with E-state index in [1.165, 1.54) is 18.4 Å². The maximum Gasteiger partial charge on any atom is 0.252 e. The largest absolute Gasteiger partial charge is 0.372 e. The van der Waals surface area contributed by atoms with Crippen LogP contribution in [0.25, 0.3) is 0 Å². The third-order valence-electron chi connectivity index (χ3n) is 4.37. The summed E-state index contributed by atoms with van der Waals surface area (Å²) in [6, 6.07) is 10.7. The second-order valence-electron chi connectivity index (χ2n) is 5.65. The van der Waals surface area contributed by atoms with Gasteiger partial charge in [0.25, 0.3) is 5.91 Å². The molecule has 0 spiro atoms. The summed E-state index contributed by atoms with van der Waals surface area (Å²) in [5.74, 6) is 0.107. The number of carbonyl (C=O) groups is 1. The van der Waals surface area contributed by atoms with Crippen molar-refractivity contribution in [2.75, 3.05) is 7.11 Å². The van der Waals surface area contributed by atoms with Crippen molar-refractivity contribution < 1.29 is 9.53 Å². The van der Waals surface area contributed by atoms with Crippen molar-refractivity contribution in [1.29, 1.82) is 0 Å². The lowest BCUT2D eigenvalue weighted by molar-refractivity contribution is -0.146. The summed E-state index contributed by atoms with van der Waals surface area (Å²) in [5, 5.41) is 0. The second kappa shape index (κ2) is 6.89. The number of hydrogen-bond donors (Lipinski definition) is 0. The van der Waals surface area contributed by atoms with E-state index in [-0.39, 0.29) is 18.1 Å². The molecule has 3 nitrogen and oxygen atoms in total. The third-order valence-corrected chi connectivity index (χ3v) is 4.37. The van der Waals surface area contributed by atoms with E-state index >= 15 is 0 Å². The zero-order valence-electron chi connectivity index (χ0n) is 12.7. The minimum atomic E-state index is -0.373. The number of methoxy groups -OCH3 is 1. The lowest BCUT2D eigenvalue weighted by Crippen LogP contribution is -2.45. The predicted octanol–water partition coefficient (Wildman–Crippen LogP) is 3.55. The van der Waals surface area contributed by atoms with Crippen molar-refractivity contribution in [3.8, 4) is 0 Å². The van der Waals surface area contributed by atoms with Gasteiger partial charge in [-0.3, -0.25) is 4.79 Å². The van der Waals surface area contributed by atoms with Crippen LogP contribution in [0.2, 0.25) is 0 Å². The highest BCUT2D eigenvalue weighted by molar-refractivity contribution is 5.81. The number of benzene rings is 1. The van der Waals surface area contributed by atoms with Crippen LogP contribution in [0.3, 0.4) is 0 Å². The van der Waals surface area contributed by atoms with Gasteiger partial charge in [0.2, 0.25) is 0 Å². The first-order valence-electron chi connectivity index (χ1n) is 7.55. The summed E-state index contributed by atoms with van der Waals surface area (Å²) in [4.78, 5) is 14.7. The second-order valence-corrected chi connectivity index (χ2v) is 5.65. The molecule has 0 aliphatic heterocycles. The Morgan fingerprint density at radius 1 is 1.20 bits per heavy atom. The van der Waals surface area contributed by atoms with Crippen molar-refractivity contribution in [3.63, 3.8) is 0 Å². The predicted molar refractivity (Wildman–Crippen MR) is 80.4 cm³/mol. The van der Waals surface area contributed by atoms with Crippen LogP contribution in [0.4, 0.5) is 0 Å². The highest BCUT2D eigenvalue weighted by atomic mass is 16.5. The van der Waals surface area contributed by atoms with Gasteiger partial charge in [0.15, 0.2) is 0 Å². The number of ether oxygens (including phenoxy) is 1. The normalized spacial score (nSPS) is 18.8. The average Bonchev–Trinajstić information content (AvgIpc) is 3.01. The van der Waals surface area contributed by atoms with Crippen LogP contribution in [0.1, 0.15) is 51.1 Å². The molecule has 20 heavy (non-hydrogen) atoms. The first-order chi connectivity index (χ1) is 9.65. The van der Waals surface area contributed by atoms with E-state index < -0.39 is 0 Å². The van der Waals surface area contributed by atoms with Crippen LogP contribution >= 0.6 is 0 Å². The van der Waals surface area contributed by atoms with E-state index in [1.54, 1.807) is 7.11 Å². The fourth-order valence-corrected chi connectivity index (χ4v) is 3.07. The molecule has 2 unspecified atom stereocenters. The summed E-state index contributed by atoms with van der Waals surface area (Å²) < 4.78 is 5.25. The molecule has 110 valence electrons. The summed E-state index contributed by atoms with van der Waals surface area (Å²) in [6.45, 7) is 3.95. The first kappa shape index (κ1) is 15.0. The maximum absolute atomic E-state index is 12.7. The lowest BCUT2D eigenvalue weighted by Gasteiger charge is -2.36. The van der Waals surface area contributed by atoms with Gasteiger partial charge in [-0.2, -0.15) is 0 Å². The molecule has 0 radical (unpaired) electrons. The number of carbonyl (C=O) groups excluding carboxylic acids is 1. The maximum atomic E-state index is 12.7. The Balaban J connectivity index is 2.23. The van der Waals surface area contributed by atoms with Crippen LogP contribution in [0, 0.1) is 0 Å². The van der Waals surface area contributed by atoms with Crippen molar-refractivity contribution >= 4 is 5.91 Å². The van der Waals surface area contributed by atoms with E-state index in [9.17, 15) is 4.79 Å². The van der Waals surface area contributed by atoms with Gasteiger partial charge in [-0.15, -0.1) is 0 Å². The molecule has 1 amide bonds. The number of rotatable bonds is 5.